The van der Waals surface area contributed by atoms with E-state index < -0.39 is 10.0 Å². The Hall–Kier alpha value is -2.47. The highest BCUT2D eigenvalue weighted by Gasteiger charge is 2.28. The Morgan fingerprint density at radius 3 is 2.55 bits per heavy atom. The van der Waals surface area contributed by atoms with E-state index in [0.29, 0.717) is 65.2 Å². The average Bonchev–Trinajstić information content (AvgIpc) is 2.81. The van der Waals surface area contributed by atoms with Gasteiger partial charge in [0.2, 0.25) is 10.0 Å². The van der Waals surface area contributed by atoms with Crippen LogP contribution in [0.3, 0.4) is 0 Å². The highest BCUT2D eigenvalue weighted by molar-refractivity contribution is 9.10. The van der Waals surface area contributed by atoms with Gasteiger partial charge in [-0.3, -0.25) is 0 Å². The summed E-state index contributed by atoms with van der Waals surface area (Å²) >= 11 is 3.47. The van der Waals surface area contributed by atoms with E-state index in [1.807, 2.05) is 14.0 Å². The second kappa shape index (κ2) is 9.41. The van der Waals surface area contributed by atoms with Gasteiger partial charge in [0, 0.05) is 38.4 Å². The summed E-state index contributed by atoms with van der Waals surface area (Å²) in [4.78, 5) is 11.3. The van der Waals surface area contributed by atoms with Crippen molar-refractivity contribution in [2.45, 2.75) is 11.8 Å². The zero-order chi connectivity index (χ0) is 23.8. The number of likely N-dealkylation sites (N-methyl/N-ethyl adjacent to an activating group) is 1. The first-order valence-corrected chi connectivity index (χ1v) is 12.7. The fourth-order valence-corrected chi connectivity index (χ4v) is 5.73. The molecule has 2 aromatic carbocycles. The first kappa shape index (κ1) is 23.7. The average molecular weight is 537 g/mol. The van der Waals surface area contributed by atoms with Gasteiger partial charge in [0.15, 0.2) is 5.82 Å². The van der Waals surface area contributed by atoms with Gasteiger partial charge in [0.1, 0.15) is 17.2 Å². The van der Waals surface area contributed by atoms with Crippen LogP contribution < -0.4 is 9.47 Å². The number of phenolic OH excluding ortho intramolecular Hbond substituents is 1. The van der Waals surface area contributed by atoms with E-state index in [-0.39, 0.29) is 16.5 Å². The lowest BCUT2D eigenvalue weighted by atomic mass is 10.1. The first-order valence-electron chi connectivity index (χ1n) is 10.4. The number of piperazine rings is 1. The third-order valence-electron chi connectivity index (χ3n) is 5.57. The monoisotopic (exact) mass is 536 g/mol. The first-order chi connectivity index (χ1) is 15.8. The van der Waals surface area contributed by atoms with E-state index in [2.05, 4.69) is 30.8 Å². The number of halogens is 1. The van der Waals surface area contributed by atoms with Crippen LogP contribution in [0.4, 0.5) is 0 Å². The Labute approximate surface area is 201 Å². The molecule has 0 aliphatic carbocycles. The normalized spacial score (nSPS) is 15.6. The summed E-state index contributed by atoms with van der Waals surface area (Å²) in [5.74, 6) is 1.14. The van der Waals surface area contributed by atoms with Crippen molar-refractivity contribution < 1.29 is 23.0 Å². The Bertz CT molecular complexity index is 1290. The maximum atomic E-state index is 13.3. The molecule has 4 rings (SSSR count). The zero-order valence-corrected chi connectivity index (χ0v) is 21.0. The molecule has 0 amide bonds. The number of sulfonamides is 1. The van der Waals surface area contributed by atoms with Crippen LogP contribution in [-0.4, -0.2) is 79.6 Å². The number of methoxy groups -OCH3 is 1. The number of hydrogen-bond donors (Lipinski definition) is 1. The van der Waals surface area contributed by atoms with Crippen LogP contribution in [0.15, 0.2) is 39.8 Å². The molecule has 1 aliphatic heterocycles. The second-order valence-electron chi connectivity index (χ2n) is 7.67. The second-order valence-corrected chi connectivity index (χ2v) is 10.4. The molecule has 0 atom stereocenters. The predicted molar refractivity (Wildman–Crippen MR) is 128 cm³/mol. The number of aromatic nitrogens is 2. The molecular formula is C22H25BrN4O5S. The summed E-state index contributed by atoms with van der Waals surface area (Å²) in [5, 5.41) is 10.8. The van der Waals surface area contributed by atoms with E-state index in [1.165, 1.54) is 23.7 Å². The molecule has 33 heavy (non-hydrogen) atoms. The van der Waals surface area contributed by atoms with Crippen molar-refractivity contribution in [1.82, 2.24) is 19.2 Å². The van der Waals surface area contributed by atoms with Gasteiger partial charge in [-0.2, -0.15) is 4.31 Å². The fourth-order valence-electron chi connectivity index (χ4n) is 3.70. The van der Waals surface area contributed by atoms with E-state index in [4.69, 9.17) is 9.47 Å². The standard InChI is InChI=1S/C22H25BrN4O5S/c1-4-32-18-6-5-14(33(29,30)27-9-7-26(2)8-10-27)11-15(18)22-24-13-16-17(28)12-19(31-3)20(23)21(16)25-22/h5-6,11-13,28H,4,7-10H2,1-3H3. The molecule has 0 saturated carbocycles. The van der Waals surface area contributed by atoms with Crippen molar-refractivity contribution in [2.75, 3.05) is 46.9 Å². The van der Waals surface area contributed by atoms with Crippen LogP contribution >= 0.6 is 15.9 Å². The molecule has 1 N–H and O–H groups in total. The summed E-state index contributed by atoms with van der Waals surface area (Å²) < 4.78 is 39.7. The third-order valence-corrected chi connectivity index (χ3v) is 8.23. The van der Waals surface area contributed by atoms with Gasteiger partial charge in [0.05, 0.1) is 39.6 Å². The van der Waals surface area contributed by atoms with E-state index in [0.717, 1.165) is 0 Å². The summed E-state index contributed by atoms with van der Waals surface area (Å²) in [6, 6.07) is 6.21. The molecule has 1 aromatic heterocycles. The number of benzene rings is 2. The summed E-state index contributed by atoms with van der Waals surface area (Å²) in [5.41, 5.74) is 0.884. The zero-order valence-electron chi connectivity index (χ0n) is 18.6. The van der Waals surface area contributed by atoms with Gasteiger partial charge < -0.3 is 19.5 Å². The maximum absolute atomic E-state index is 13.3. The molecule has 1 aliphatic rings. The van der Waals surface area contributed by atoms with Crippen molar-refractivity contribution in [3.63, 3.8) is 0 Å². The highest BCUT2D eigenvalue weighted by Crippen LogP contribution is 2.39. The Morgan fingerprint density at radius 1 is 1.15 bits per heavy atom. The van der Waals surface area contributed by atoms with Crippen LogP contribution in [0.5, 0.6) is 17.2 Å². The molecule has 176 valence electrons. The summed E-state index contributed by atoms with van der Waals surface area (Å²) in [6.45, 7) is 4.45. The van der Waals surface area contributed by atoms with Crippen LogP contribution in [0.1, 0.15) is 6.92 Å². The molecule has 2 heterocycles. The number of hydrogen-bond acceptors (Lipinski definition) is 8. The lowest BCUT2D eigenvalue weighted by Gasteiger charge is -2.31. The largest absolute Gasteiger partial charge is 0.507 e. The quantitative estimate of drug-likeness (QED) is 0.512. The Balaban J connectivity index is 1.84. The van der Waals surface area contributed by atoms with Gasteiger partial charge in [-0.1, -0.05) is 0 Å². The molecule has 1 fully saturated rings. The van der Waals surface area contributed by atoms with Crippen molar-refractivity contribution in [3.8, 4) is 28.6 Å². The number of ether oxygens (including phenoxy) is 2. The SMILES string of the molecule is CCOc1ccc(S(=O)(=O)N2CCN(C)CC2)cc1-c1ncc2c(O)cc(OC)c(Br)c2n1. The molecule has 0 unspecified atom stereocenters. The fraction of sp³-hybridized carbons (Fsp3) is 0.364. The van der Waals surface area contributed by atoms with E-state index in [1.54, 1.807) is 18.2 Å². The summed E-state index contributed by atoms with van der Waals surface area (Å²) in [7, 11) is -0.223. The minimum absolute atomic E-state index is 0.0203. The van der Waals surface area contributed by atoms with Crippen molar-refractivity contribution >= 4 is 36.9 Å². The maximum Gasteiger partial charge on any atom is 0.243 e. The van der Waals surface area contributed by atoms with Crippen molar-refractivity contribution in [3.05, 3.63) is 34.9 Å². The van der Waals surface area contributed by atoms with Crippen LogP contribution in [0.2, 0.25) is 0 Å². The topological polar surface area (TPSA) is 105 Å². The molecule has 0 radical (unpaired) electrons. The van der Waals surface area contributed by atoms with Gasteiger partial charge in [-0.05, 0) is 48.1 Å². The number of phenols is 1. The molecular weight excluding hydrogens is 512 g/mol. The van der Waals surface area contributed by atoms with Crippen LogP contribution in [-0.2, 0) is 10.0 Å². The van der Waals surface area contributed by atoms with Gasteiger partial charge in [-0.25, -0.2) is 18.4 Å². The number of nitrogens with zero attached hydrogens (tertiary/aromatic N) is 4. The molecule has 1 saturated heterocycles. The van der Waals surface area contributed by atoms with Crippen molar-refractivity contribution in [1.29, 1.82) is 0 Å². The van der Waals surface area contributed by atoms with Gasteiger partial charge >= 0.3 is 0 Å². The number of aromatic hydroxyl groups is 1. The number of rotatable bonds is 6. The highest BCUT2D eigenvalue weighted by atomic mass is 79.9. The van der Waals surface area contributed by atoms with E-state index >= 15 is 0 Å². The van der Waals surface area contributed by atoms with Gasteiger partial charge in [0.25, 0.3) is 0 Å². The molecule has 3 aromatic rings. The van der Waals surface area contributed by atoms with Gasteiger partial charge in [-0.15, -0.1) is 0 Å². The minimum Gasteiger partial charge on any atom is -0.507 e. The van der Waals surface area contributed by atoms with Crippen LogP contribution in [0, 0.1) is 0 Å². The van der Waals surface area contributed by atoms with Crippen LogP contribution in [0.25, 0.3) is 22.3 Å². The smallest absolute Gasteiger partial charge is 0.243 e. The summed E-state index contributed by atoms with van der Waals surface area (Å²) in [6.07, 6.45) is 1.49. The molecule has 0 bridgehead atoms. The molecule has 0 spiro atoms. The molecule has 11 heteroatoms. The minimum atomic E-state index is -3.69. The van der Waals surface area contributed by atoms with E-state index in [9.17, 15) is 13.5 Å². The Kier molecular flexibility index (Phi) is 6.76. The third kappa shape index (κ3) is 4.50. The van der Waals surface area contributed by atoms with Crippen molar-refractivity contribution in [2.24, 2.45) is 0 Å². The lowest BCUT2D eigenvalue weighted by Crippen LogP contribution is -2.47. The molecule has 9 nitrogen and oxygen atoms in total. The predicted octanol–water partition coefficient (Wildman–Crippen LogP) is 3.11. The lowest BCUT2D eigenvalue weighted by molar-refractivity contribution is 0.222. The Morgan fingerprint density at radius 2 is 1.88 bits per heavy atom. The number of fused-ring (bicyclic) bond motifs is 1.